The number of rotatable bonds is 1. The summed E-state index contributed by atoms with van der Waals surface area (Å²) >= 11 is 1.37. The van der Waals surface area contributed by atoms with Crippen LogP contribution in [0.3, 0.4) is 0 Å². The minimum atomic E-state index is -0.316. The first kappa shape index (κ1) is 16.6. The van der Waals surface area contributed by atoms with Crippen molar-refractivity contribution < 1.29 is 14.3 Å². The van der Waals surface area contributed by atoms with Gasteiger partial charge in [-0.1, -0.05) is 37.0 Å². The number of hydrogen-bond acceptors (Lipinski definition) is 4. The Kier molecular flexibility index (Phi) is 4.38. The number of ether oxygens (including phenoxy) is 2. The first-order chi connectivity index (χ1) is 11.3. The van der Waals surface area contributed by atoms with Gasteiger partial charge in [-0.25, -0.2) is 0 Å². The smallest absolute Gasteiger partial charge is 0.308 e. The van der Waals surface area contributed by atoms with Crippen LogP contribution in [-0.4, -0.2) is 12.6 Å². The van der Waals surface area contributed by atoms with Crippen molar-refractivity contribution in [3.63, 3.8) is 0 Å². The lowest BCUT2D eigenvalue weighted by Gasteiger charge is -2.33. The zero-order valence-electron chi connectivity index (χ0n) is 14.4. The van der Waals surface area contributed by atoms with Gasteiger partial charge in [0.1, 0.15) is 5.75 Å². The van der Waals surface area contributed by atoms with Crippen LogP contribution in [0.15, 0.2) is 24.3 Å². The molecular formula is C20H20O3S. The number of benzene rings is 1. The van der Waals surface area contributed by atoms with E-state index in [0.29, 0.717) is 5.06 Å². The highest BCUT2D eigenvalue weighted by Crippen LogP contribution is 2.39. The van der Waals surface area contributed by atoms with Crippen molar-refractivity contribution in [2.75, 3.05) is 6.61 Å². The van der Waals surface area contributed by atoms with E-state index in [4.69, 9.17) is 9.47 Å². The number of hydrogen-bond donors (Lipinski definition) is 0. The largest absolute Gasteiger partial charge is 0.493 e. The maximum Gasteiger partial charge on any atom is 0.308 e. The fourth-order valence-corrected chi connectivity index (χ4v) is 3.48. The zero-order chi connectivity index (χ0) is 17.3. The molecule has 0 bridgehead atoms. The van der Waals surface area contributed by atoms with Crippen molar-refractivity contribution >= 4 is 17.3 Å². The molecule has 3 nitrogen and oxygen atoms in total. The van der Waals surface area contributed by atoms with Crippen molar-refractivity contribution in [1.82, 2.24) is 0 Å². The minimum Gasteiger partial charge on any atom is -0.493 e. The van der Waals surface area contributed by atoms with Gasteiger partial charge in [0.25, 0.3) is 0 Å². The van der Waals surface area contributed by atoms with Crippen molar-refractivity contribution in [2.24, 2.45) is 0 Å². The van der Waals surface area contributed by atoms with Gasteiger partial charge in [0.2, 0.25) is 0 Å². The lowest BCUT2D eigenvalue weighted by Crippen LogP contribution is -2.26. The highest BCUT2D eigenvalue weighted by atomic mass is 32.1. The van der Waals surface area contributed by atoms with Crippen LogP contribution in [0.1, 0.15) is 48.8 Å². The van der Waals surface area contributed by atoms with Crippen molar-refractivity contribution in [3.05, 3.63) is 45.8 Å². The molecule has 1 aliphatic heterocycles. The van der Waals surface area contributed by atoms with Gasteiger partial charge in [-0.3, -0.25) is 4.79 Å². The lowest BCUT2D eigenvalue weighted by molar-refractivity contribution is -0.131. The zero-order valence-corrected chi connectivity index (χ0v) is 15.2. The van der Waals surface area contributed by atoms with Crippen LogP contribution in [0.5, 0.6) is 10.8 Å². The molecule has 0 aliphatic carbocycles. The molecule has 0 amide bonds. The summed E-state index contributed by atoms with van der Waals surface area (Å²) in [7, 11) is 0. The van der Waals surface area contributed by atoms with Gasteiger partial charge < -0.3 is 9.47 Å². The Labute approximate surface area is 146 Å². The maximum absolute atomic E-state index is 11.0. The third kappa shape index (κ3) is 3.47. The van der Waals surface area contributed by atoms with Gasteiger partial charge in [-0.05, 0) is 48.6 Å². The number of aryl methyl sites for hydroxylation is 1. The summed E-state index contributed by atoms with van der Waals surface area (Å²) in [6.07, 6.45) is 1.01. The van der Waals surface area contributed by atoms with E-state index in [1.165, 1.54) is 23.8 Å². The monoisotopic (exact) mass is 340 g/mol. The van der Waals surface area contributed by atoms with Gasteiger partial charge >= 0.3 is 5.97 Å². The van der Waals surface area contributed by atoms with E-state index in [9.17, 15) is 4.79 Å². The first-order valence-electron chi connectivity index (χ1n) is 7.93. The molecule has 0 unspecified atom stereocenters. The van der Waals surface area contributed by atoms with E-state index in [0.717, 1.165) is 34.8 Å². The quantitative estimate of drug-likeness (QED) is 0.569. The van der Waals surface area contributed by atoms with Crippen LogP contribution in [0.25, 0.3) is 0 Å². The maximum atomic E-state index is 11.0. The highest BCUT2D eigenvalue weighted by Gasteiger charge is 2.29. The Morgan fingerprint density at radius 3 is 2.83 bits per heavy atom. The third-order valence-electron chi connectivity index (χ3n) is 4.19. The van der Waals surface area contributed by atoms with E-state index in [1.807, 2.05) is 13.0 Å². The molecule has 3 rings (SSSR count). The fraction of sp³-hybridized carbons (Fsp3) is 0.350. The Morgan fingerprint density at radius 1 is 1.29 bits per heavy atom. The summed E-state index contributed by atoms with van der Waals surface area (Å²) < 4.78 is 10.9. The second kappa shape index (κ2) is 6.33. The second-order valence-electron chi connectivity index (χ2n) is 6.61. The van der Waals surface area contributed by atoms with E-state index < -0.39 is 0 Å². The lowest BCUT2D eigenvalue weighted by atomic mass is 9.78. The predicted molar refractivity (Wildman–Crippen MR) is 95.9 cm³/mol. The Hall–Kier alpha value is -2.25. The minimum absolute atomic E-state index is 0.100. The fourth-order valence-electron chi connectivity index (χ4n) is 2.73. The SMILES string of the molecule is CC(=O)Oc1ccc(C#Cc2cc3c(cc2C)OCCC3(C)C)s1. The van der Waals surface area contributed by atoms with Crippen LogP contribution in [0.4, 0.5) is 0 Å². The number of carbonyl (C=O) groups is 1. The van der Waals surface area contributed by atoms with Gasteiger partial charge in [-0.15, -0.1) is 0 Å². The molecule has 0 saturated carbocycles. The van der Waals surface area contributed by atoms with Crippen molar-refractivity contribution in [1.29, 1.82) is 0 Å². The summed E-state index contributed by atoms with van der Waals surface area (Å²) in [4.78, 5) is 11.9. The molecule has 1 aromatic heterocycles. The summed E-state index contributed by atoms with van der Waals surface area (Å²) in [5, 5.41) is 0.573. The molecule has 1 aliphatic rings. The Balaban J connectivity index is 1.91. The van der Waals surface area contributed by atoms with E-state index in [2.05, 4.69) is 37.8 Å². The Morgan fingerprint density at radius 2 is 2.08 bits per heavy atom. The van der Waals surface area contributed by atoms with Gasteiger partial charge in [0.05, 0.1) is 11.5 Å². The predicted octanol–water partition coefficient (Wildman–Crippen LogP) is 4.44. The molecule has 0 atom stereocenters. The van der Waals surface area contributed by atoms with E-state index in [1.54, 1.807) is 6.07 Å². The molecule has 24 heavy (non-hydrogen) atoms. The molecule has 0 fully saturated rings. The molecule has 0 radical (unpaired) electrons. The van der Waals surface area contributed by atoms with Gasteiger partial charge in [0, 0.05) is 18.1 Å². The van der Waals surface area contributed by atoms with Crippen LogP contribution >= 0.6 is 11.3 Å². The van der Waals surface area contributed by atoms with Gasteiger partial charge in [0.15, 0.2) is 5.06 Å². The molecule has 124 valence electrons. The average Bonchev–Trinajstić information content (AvgIpc) is 2.92. The normalized spacial score (nSPS) is 14.8. The number of thiophene rings is 1. The van der Waals surface area contributed by atoms with Crippen LogP contribution < -0.4 is 9.47 Å². The molecule has 0 saturated heterocycles. The van der Waals surface area contributed by atoms with E-state index in [-0.39, 0.29) is 11.4 Å². The summed E-state index contributed by atoms with van der Waals surface area (Å²) in [6, 6.07) is 7.87. The number of carbonyl (C=O) groups excluding carboxylic acids is 1. The molecule has 2 aromatic rings. The van der Waals surface area contributed by atoms with Crippen LogP contribution in [0, 0.1) is 18.8 Å². The molecular weight excluding hydrogens is 320 g/mol. The van der Waals surface area contributed by atoms with Crippen molar-refractivity contribution in [3.8, 4) is 22.7 Å². The summed E-state index contributed by atoms with van der Waals surface area (Å²) in [5.41, 5.74) is 3.43. The molecule has 2 heterocycles. The molecule has 0 spiro atoms. The number of esters is 1. The summed E-state index contributed by atoms with van der Waals surface area (Å²) in [6.45, 7) is 8.69. The standard InChI is InChI=1S/C20H20O3S/c1-13-11-18-17(20(3,4)9-10-22-18)12-15(13)5-6-16-7-8-19(24-16)23-14(2)21/h7-8,11-12H,9-10H2,1-4H3. The van der Waals surface area contributed by atoms with Crippen molar-refractivity contribution in [2.45, 2.75) is 39.5 Å². The van der Waals surface area contributed by atoms with Crippen LogP contribution in [-0.2, 0) is 10.2 Å². The highest BCUT2D eigenvalue weighted by molar-refractivity contribution is 7.14. The number of fused-ring (bicyclic) bond motifs is 1. The Bertz CT molecular complexity index is 849. The summed E-state index contributed by atoms with van der Waals surface area (Å²) in [5.74, 6) is 7.07. The third-order valence-corrected chi connectivity index (χ3v) is 5.07. The van der Waals surface area contributed by atoms with Gasteiger partial charge in [-0.2, -0.15) is 0 Å². The first-order valence-corrected chi connectivity index (χ1v) is 8.75. The molecule has 0 N–H and O–H groups in total. The van der Waals surface area contributed by atoms with Crippen LogP contribution in [0.2, 0.25) is 0 Å². The molecule has 1 aromatic carbocycles. The van der Waals surface area contributed by atoms with E-state index >= 15 is 0 Å². The molecule has 4 heteroatoms. The second-order valence-corrected chi connectivity index (χ2v) is 7.65. The topological polar surface area (TPSA) is 35.5 Å². The average molecular weight is 340 g/mol.